The van der Waals surface area contributed by atoms with Crippen molar-refractivity contribution in [1.82, 2.24) is 0 Å². The van der Waals surface area contributed by atoms with Gasteiger partial charge in [-0.1, -0.05) is 12.1 Å². The highest BCUT2D eigenvalue weighted by Gasteiger charge is 2.23. The Kier molecular flexibility index (Phi) is 6.02. The molecule has 2 rings (SSSR count). The normalized spacial score (nSPS) is 12.3. The van der Waals surface area contributed by atoms with E-state index in [1.165, 1.54) is 26.2 Å². The van der Waals surface area contributed by atoms with Crippen molar-refractivity contribution in [1.29, 1.82) is 0 Å². The molecule has 2 N–H and O–H groups in total. The van der Waals surface area contributed by atoms with Crippen molar-refractivity contribution in [3.05, 3.63) is 58.7 Å². The molecule has 27 heavy (non-hydrogen) atoms. The third-order valence-corrected chi connectivity index (χ3v) is 5.08. The van der Waals surface area contributed by atoms with Gasteiger partial charge < -0.3 is 9.47 Å². The first-order valence-electron chi connectivity index (χ1n) is 8.08. The van der Waals surface area contributed by atoms with Crippen LogP contribution in [-0.2, 0) is 14.8 Å². The molecular formula is C19H21NO6S. The molecule has 1 atom stereocenters. The maximum absolute atomic E-state index is 12.5. The van der Waals surface area contributed by atoms with Gasteiger partial charge in [0.1, 0.15) is 10.6 Å². The maximum Gasteiger partial charge on any atom is 0.338 e. The zero-order valence-corrected chi connectivity index (χ0v) is 16.3. The van der Waals surface area contributed by atoms with E-state index in [1.54, 1.807) is 12.1 Å². The molecule has 144 valence electrons. The number of ketones is 1. The van der Waals surface area contributed by atoms with Gasteiger partial charge in [0.25, 0.3) is 0 Å². The average Bonchev–Trinajstić information content (AvgIpc) is 2.61. The van der Waals surface area contributed by atoms with Crippen LogP contribution in [0.3, 0.4) is 0 Å². The lowest BCUT2D eigenvalue weighted by Gasteiger charge is -2.14. The molecule has 0 aliphatic carbocycles. The predicted molar refractivity (Wildman–Crippen MR) is 99.5 cm³/mol. The second-order valence-electron chi connectivity index (χ2n) is 6.12. The standard InChI is InChI=1S/C19H21NO6S/c1-11-5-6-14(9-12(11)2)18(21)13(3)26-19(22)15-7-8-16(25-4)17(10-15)27(20,23)24/h5-10,13H,1-4H3,(H2,20,23,24). The molecule has 1 unspecified atom stereocenters. The highest BCUT2D eigenvalue weighted by atomic mass is 32.2. The van der Waals surface area contributed by atoms with E-state index in [9.17, 15) is 18.0 Å². The number of benzene rings is 2. The summed E-state index contributed by atoms with van der Waals surface area (Å²) in [7, 11) is -2.81. The molecule has 0 spiro atoms. The molecule has 0 amide bonds. The number of primary sulfonamides is 1. The van der Waals surface area contributed by atoms with Crippen LogP contribution in [0.15, 0.2) is 41.3 Å². The largest absolute Gasteiger partial charge is 0.495 e. The number of nitrogens with two attached hydrogens (primary N) is 1. The molecule has 0 aliphatic rings. The van der Waals surface area contributed by atoms with Crippen molar-refractivity contribution in [3.8, 4) is 5.75 Å². The van der Waals surface area contributed by atoms with Gasteiger partial charge in [-0.05, 0) is 56.2 Å². The summed E-state index contributed by atoms with van der Waals surface area (Å²) in [6.45, 7) is 5.27. The van der Waals surface area contributed by atoms with Crippen LogP contribution in [0.2, 0.25) is 0 Å². The Morgan fingerprint density at radius 2 is 1.63 bits per heavy atom. The van der Waals surface area contributed by atoms with Gasteiger partial charge in [0, 0.05) is 5.56 Å². The van der Waals surface area contributed by atoms with Gasteiger partial charge in [0.2, 0.25) is 15.8 Å². The smallest absolute Gasteiger partial charge is 0.338 e. The van der Waals surface area contributed by atoms with Crippen LogP contribution in [0.5, 0.6) is 5.75 Å². The third-order valence-electron chi connectivity index (χ3n) is 4.15. The Balaban J connectivity index is 2.23. The van der Waals surface area contributed by atoms with E-state index in [0.29, 0.717) is 5.56 Å². The van der Waals surface area contributed by atoms with Crippen LogP contribution in [-0.4, -0.2) is 33.4 Å². The zero-order chi connectivity index (χ0) is 20.4. The zero-order valence-electron chi connectivity index (χ0n) is 15.5. The van der Waals surface area contributed by atoms with Crippen LogP contribution in [0.1, 0.15) is 38.8 Å². The van der Waals surface area contributed by atoms with Gasteiger partial charge in [0.15, 0.2) is 6.10 Å². The van der Waals surface area contributed by atoms with Crippen LogP contribution in [0.25, 0.3) is 0 Å². The summed E-state index contributed by atoms with van der Waals surface area (Å²) in [5, 5.41) is 5.14. The van der Waals surface area contributed by atoms with Crippen LogP contribution >= 0.6 is 0 Å². The number of aryl methyl sites for hydroxylation is 2. The predicted octanol–water partition coefficient (Wildman–Crippen LogP) is 2.39. The molecule has 0 heterocycles. The Hall–Kier alpha value is -2.71. The Labute approximate surface area is 158 Å². The molecule has 0 saturated carbocycles. The summed E-state index contributed by atoms with van der Waals surface area (Å²) in [6, 6.07) is 8.91. The number of hydrogen-bond donors (Lipinski definition) is 1. The lowest BCUT2D eigenvalue weighted by molar-refractivity contribution is 0.0318. The van der Waals surface area contributed by atoms with Crippen molar-refractivity contribution in [2.45, 2.75) is 31.8 Å². The maximum atomic E-state index is 12.5. The van der Waals surface area contributed by atoms with Gasteiger partial charge in [0.05, 0.1) is 12.7 Å². The number of hydrogen-bond acceptors (Lipinski definition) is 6. The summed E-state index contributed by atoms with van der Waals surface area (Å²) < 4.78 is 33.4. The summed E-state index contributed by atoms with van der Waals surface area (Å²) in [4.78, 5) is 24.5. The van der Waals surface area contributed by atoms with Crippen molar-refractivity contribution in [2.75, 3.05) is 7.11 Å². The third kappa shape index (κ3) is 4.72. The topological polar surface area (TPSA) is 113 Å². The monoisotopic (exact) mass is 391 g/mol. The minimum atomic E-state index is -4.10. The number of rotatable bonds is 6. The van der Waals surface area contributed by atoms with Crippen molar-refractivity contribution in [3.63, 3.8) is 0 Å². The summed E-state index contributed by atoms with van der Waals surface area (Å²) in [6.07, 6.45) is -1.04. The van der Waals surface area contributed by atoms with Crippen LogP contribution in [0.4, 0.5) is 0 Å². The molecule has 0 saturated heterocycles. The lowest BCUT2D eigenvalue weighted by atomic mass is 10.0. The number of sulfonamides is 1. The van der Waals surface area contributed by atoms with E-state index < -0.39 is 22.1 Å². The highest BCUT2D eigenvalue weighted by Crippen LogP contribution is 2.24. The molecule has 2 aromatic rings. The number of carbonyl (C=O) groups excluding carboxylic acids is 2. The summed E-state index contributed by atoms with van der Waals surface area (Å²) in [5.74, 6) is -1.19. The second-order valence-corrected chi connectivity index (χ2v) is 7.65. The second kappa shape index (κ2) is 7.89. The fraction of sp³-hybridized carbons (Fsp3) is 0.263. The van der Waals surface area contributed by atoms with Crippen molar-refractivity contribution < 1.29 is 27.5 Å². The molecule has 2 aromatic carbocycles. The number of carbonyl (C=O) groups is 2. The first-order valence-corrected chi connectivity index (χ1v) is 9.62. The van der Waals surface area contributed by atoms with Gasteiger partial charge in [-0.3, -0.25) is 4.79 Å². The number of Topliss-reactive ketones (excluding diaryl/α,β-unsaturated/α-hetero) is 1. The SMILES string of the molecule is COc1ccc(C(=O)OC(C)C(=O)c2ccc(C)c(C)c2)cc1S(N)(=O)=O. The quantitative estimate of drug-likeness (QED) is 0.597. The van der Waals surface area contributed by atoms with E-state index in [0.717, 1.165) is 17.2 Å². The van der Waals surface area contributed by atoms with Gasteiger partial charge >= 0.3 is 5.97 Å². The summed E-state index contributed by atoms with van der Waals surface area (Å²) >= 11 is 0. The fourth-order valence-electron chi connectivity index (χ4n) is 2.44. The minimum Gasteiger partial charge on any atom is -0.495 e. The minimum absolute atomic E-state index is 0.00769. The van der Waals surface area contributed by atoms with Crippen LogP contribution < -0.4 is 9.88 Å². The average molecular weight is 391 g/mol. The molecule has 8 heteroatoms. The first kappa shape index (κ1) is 20.6. The molecule has 0 aliphatic heterocycles. The molecule has 0 radical (unpaired) electrons. The molecule has 7 nitrogen and oxygen atoms in total. The van der Waals surface area contributed by atoms with Crippen molar-refractivity contribution in [2.24, 2.45) is 5.14 Å². The molecule has 0 bridgehead atoms. The van der Waals surface area contributed by atoms with E-state index in [4.69, 9.17) is 14.6 Å². The van der Waals surface area contributed by atoms with Gasteiger partial charge in [-0.25, -0.2) is 18.4 Å². The molecule has 0 fully saturated rings. The Morgan fingerprint density at radius 1 is 1.00 bits per heavy atom. The number of methoxy groups -OCH3 is 1. The van der Waals surface area contributed by atoms with E-state index >= 15 is 0 Å². The Bertz CT molecular complexity index is 997. The highest BCUT2D eigenvalue weighted by molar-refractivity contribution is 7.89. The lowest BCUT2D eigenvalue weighted by Crippen LogP contribution is -2.25. The molecule has 0 aromatic heterocycles. The molecular weight excluding hydrogens is 370 g/mol. The number of esters is 1. The van der Waals surface area contributed by atoms with E-state index in [1.807, 2.05) is 19.9 Å². The van der Waals surface area contributed by atoms with Crippen molar-refractivity contribution >= 4 is 21.8 Å². The van der Waals surface area contributed by atoms with E-state index in [2.05, 4.69) is 0 Å². The Morgan fingerprint density at radius 3 is 2.19 bits per heavy atom. The van der Waals surface area contributed by atoms with E-state index in [-0.39, 0.29) is 22.0 Å². The van der Waals surface area contributed by atoms with Gasteiger partial charge in [-0.2, -0.15) is 0 Å². The first-order chi connectivity index (χ1) is 12.5. The number of ether oxygens (including phenoxy) is 2. The summed E-state index contributed by atoms with van der Waals surface area (Å²) in [5.41, 5.74) is 2.37. The van der Waals surface area contributed by atoms with Gasteiger partial charge in [-0.15, -0.1) is 0 Å². The fourth-order valence-corrected chi connectivity index (χ4v) is 3.16. The van der Waals surface area contributed by atoms with Crippen LogP contribution in [0, 0.1) is 13.8 Å².